The number of ether oxygens (including phenoxy) is 3. The Morgan fingerprint density at radius 3 is 2.67 bits per heavy atom. The zero-order valence-electron chi connectivity index (χ0n) is 23.6. The van der Waals surface area contributed by atoms with Crippen LogP contribution in [0.3, 0.4) is 0 Å². The molecule has 2 N–H and O–H groups in total. The molecular weight excluding hydrogens is 553 g/mol. The lowest BCUT2D eigenvalue weighted by molar-refractivity contribution is -0.0712. The van der Waals surface area contributed by atoms with Crippen molar-refractivity contribution < 1.29 is 23.4 Å². The van der Waals surface area contributed by atoms with Gasteiger partial charge in [0.1, 0.15) is 23.2 Å². The van der Waals surface area contributed by atoms with Crippen LogP contribution in [0.2, 0.25) is 0 Å². The second-order valence-corrected chi connectivity index (χ2v) is 11.4. The maximum atomic E-state index is 15.0. The highest BCUT2D eigenvalue weighted by atomic mass is 19.1. The highest BCUT2D eigenvalue weighted by Crippen LogP contribution is 2.49. The van der Waals surface area contributed by atoms with Crippen molar-refractivity contribution in [2.45, 2.75) is 57.1 Å². The first-order chi connectivity index (χ1) is 20.8. The predicted octanol–water partition coefficient (Wildman–Crippen LogP) is 3.75. The van der Waals surface area contributed by atoms with Crippen LogP contribution in [-0.4, -0.2) is 56.4 Å². The van der Waals surface area contributed by atoms with Gasteiger partial charge in [0.05, 0.1) is 24.8 Å². The molecule has 11 nitrogen and oxygen atoms in total. The number of halogens is 1. The smallest absolute Gasteiger partial charge is 0.278 e. The summed E-state index contributed by atoms with van der Waals surface area (Å²) in [6.45, 7) is 5.41. The fourth-order valence-corrected chi connectivity index (χ4v) is 6.19. The molecule has 4 aromatic rings. The third kappa shape index (κ3) is 4.94. The van der Waals surface area contributed by atoms with Crippen molar-refractivity contribution in [2.75, 3.05) is 19.7 Å². The predicted molar refractivity (Wildman–Crippen MR) is 152 cm³/mol. The van der Waals surface area contributed by atoms with Crippen molar-refractivity contribution in [3.63, 3.8) is 0 Å². The van der Waals surface area contributed by atoms with Gasteiger partial charge in [-0.2, -0.15) is 5.26 Å². The summed E-state index contributed by atoms with van der Waals surface area (Å²) >= 11 is 0. The van der Waals surface area contributed by atoms with Crippen molar-refractivity contribution in [1.29, 1.82) is 5.26 Å². The molecule has 0 spiro atoms. The van der Waals surface area contributed by atoms with Gasteiger partial charge < -0.3 is 24.5 Å². The summed E-state index contributed by atoms with van der Waals surface area (Å²) in [6.07, 6.45) is 2.90. The normalized spacial score (nSPS) is 21.9. The van der Waals surface area contributed by atoms with Crippen LogP contribution in [0.15, 0.2) is 42.5 Å². The lowest BCUT2D eigenvalue weighted by atomic mass is 9.88. The van der Waals surface area contributed by atoms with Gasteiger partial charge in [-0.1, -0.05) is 12.1 Å². The van der Waals surface area contributed by atoms with E-state index in [0.717, 1.165) is 56.4 Å². The van der Waals surface area contributed by atoms with Crippen molar-refractivity contribution in [3.8, 4) is 17.6 Å². The number of aromatic nitrogens is 4. The average Bonchev–Trinajstić information content (AvgIpc) is 3.51. The van der Waals surface area contributed by atoms with Crippen molar-refractivity contribution in [2.24, 2.45) is 5.73 Å². The molecular formula is C31H30FN7O4. The molecule has 0 saturated carbocycles. The lowest BCUT2D eigenvalue weighted by Gasteiger charge is -2.33. The summed E-state index contributed by atoms with van der Waals surface area (Å²) in [5, 5.41) is 17.6. The van der Waals surface area contributed by atoms with Crippen LogP contribution in [0, 0.1) is 17.1 Å². The number of carbonyl (C=O) groups is 1. The van der Waals surface area contributed by atoms with E-state index >= 15 is 4.39 Å². The third-order valence-electron chi connectivity index (χ3n) is 8.61. The highest BCUT2D eigenvalue weighted by molar-refractivity contribution is 5.92. The summed E-state index contributed by atoms with van der Waals surface area (Å²) in [5.41, 5.74) is 8.19. The van der Waals surface area contributed by atoms with Gasteiger partial charge in [0.15, 0.2) is 22.8 Å². The molecule has 2 saturated heterocycles. The number of nitrogens with two attached hydrogens (primary N) is 1. The highest BCUT2D eigenvalue weighted by Gasteiger charge is 2.43. The number of hydrogen-bond donors (Lipinski definition) is 1. The molecule has 2 fully saturated rings. The zero-order chi connectivity index (χ0) is 29.7. The van der Waals surface area contributed by atoms with Gasteiger partial charge in [0.25, 0.3) is 5.79 Å². The van der Waals surface area contributed by atoms with Gasteiger partial charge in [-0.15, -0.1) is 10.2 Å². The maximum absolute atomic E-state index is 15.0. The van der Waals surface area contributed by atoms with Gasteiger partial charge in [-0.25, -0.2) is 9.37 Å². The number of carbonyl (C=O) groups excluding carboxylic acids is 1. The van der Waals surface area contributed by atoms with E-state index in [1.165, 1.54) is 12.1 Å². The minimum atomic E-state index is -1.38. The lowest BCUT2D eigenvalue weighted by Crippen LogP contribution is -2.35. The molecule has 3 aliphatic heterocycles. The van der Waals surface area contributed by atoms with Gasteiger partial charge in [0.2, 0.25) is 5.91 Å². The van der Waals surface area contributed by atoms with Crippen LogP contribution >= 0.6 is 0 Å². The maximum Gasteiger partial charge on any atom is 0.278 e. The number of nitriles is 1. The first-order valence-corrected chi connectivity index (χ1v) is 14.4. The number of likely N-dealkylation sites (tertiary alicyclic amines) is 1. The molecule has 2 atom stereocenters. The second-order valence-electron chi connectivity index (χ2n) is 11.4. The number of piperidine rings is 1. The van der Waals surface area contributed by atoms with E-state index in [1.54, 1.807) is 13.0 Å². The Morgan fingerprint density at radius 1 is 1.16 bits per heavy atom. The topological polar surface area (TPSA) is 141 Å². The van der Waals surface area contributed by atoms with Crippen molar-refractivity contribution in [1.82, 2.24) is 24.6 Å². The largest absolute Gasteiger partial charge is 0.444 e. The zero-order valence-corrected chi connectivity index (χ0v) is 23.6. The van der Waals surface area contributed by atoms with Crippen LogP contribution in [0.4, 0.5) is 4.39 Å². The molecule has 220 valence electrons. The Hall–Kier alpha value is -4.60. The summed E-state index contributed by atoms with van der Waals surface area (Å²) in [7, 11) is 0. The number of rotatable bonds is 7. The average molecular weight is 584 g/mol. The minimum Gasteiger partial charge on any atom is -0.444 e. The number of fused-ring (bicyclic) bond motifs is 2. The van der Waals surface area contributed by atoms with E-state index in [-0.39, 0.29) is 28.8 Å². The summed E-state index contributed by atoms with van der Waals surface area (Å²) in [6, 6.07) is 13.6. The molecule has 0 aliphatic carbocycles. The molecule has 43 heavy (non-hydrogen) atoms. The molecule has 0 radical (unpaired) electrons. The Morgan fingerprint density at radius 2 is 1.98 bits per heavy atom. The number of amides is 1. The van der Waals surface area contributed by atoms with Crippen molar-refractivity contribution in [3.05, 3.63) is 76.5 Å². The molecule has 12 heteroatoms. The van der Waals surface area contributed by atoms with E-state index < -0.39 is 17.5 Å². The van der Waals surface area contributed by atoms with Gasteiger partial charge in [-0.05, 0) is 62.5 Å². The first-order valence-electron chi connectivity index (χ1n) is 14.4. The standard InChI is InChI=1S/C31H30FN7O4/c1-31(23-6-5-19(29(34)40)13-24(23)32)42-26-4-2-3-22(28(26)43-31)18-7-10-38(11-8-18)17-27-35-25-14-20(15-33)36-37-30(25)39(27)16-21-9-12-41-21/h2-6,13-14,18,21H,7-12,16-17H2,1H3,(H2,34,40). The minimum absolute atomic E-state index is 0.0830. The van der Waals surface area contributed by atoms with Crippen LogP contribution < -0.4 is 15.2 Å². The van der Waals surface area contributed by atoms with Crippen LogP contribution in [0.5, 0.6) is 11.5 Å². The van der Waals surface area contributed by atoms with E-state index in [1.807, 2.05) is 24.3 Å². The number of hydrogen-bond acceptors (Lipinski definition) is 9. The molecule has 2 aromatic carbocycles. The van der Waals surface area contributed by atoms with Gasteiger partial charge in [-0.3, -0.25) is 9.69 Å². The number of nitrogens with zero attached hydrogens (tertiary/aromatic N) is 6. The summed E-state index contributed by atoms with van der Waals surface area (Å²) in [4.78, 5) is 18.7. The molecule has 0 bridgehead atoms. The molecule has 5 heterocycles. The number of para-hydroxylation sites is 1. The number of benzene rings is 2. The van der Waals surface area contributed by atoms with Gasteiger partial charge in [0, 0.05) is 30.7 Å². The monoisotopic (exact) mass is 583 g/mol. The second kappa shape index (κ2) is 10.6. The summed E-state index contributed by atoms with van der Waals surface area (Å²) in [5.74, 6) is -0.409. The van der Waals surface area contributed by atoms with E-state index in [4.69, 9.17) is 24.9 Å². The molecule has 3 aliphatic rings. The van der Waals surface area contributed by atoms with Crippen LogP contribution in [0.1, 0.15) is 65.1 Å². The quantitative estimate of drug-likeness (QED) is 0.344. The first kappa shape index (κ1) is 27.2. The SMILES string of the molecule is CC1(c2ccc(C(N)=O)cc2F)Oc2cccc(C3CCN(Cc4nc5cc(C#N)nnc5n4CC4CCO4)CC3)c2O1. The van der Waals surface area contributed by atoms with Crippen LogP contribution in [0.25, 0.3) is 11.2 Å². The van der Waals surface area contributed by atoms with Crippen LogP contribution in [-0.2, 0) is 23.6 Å². The molecule has 7 rings (SSSR count). The van der Waals surface area contributed by atoms with Crippen molar-refractivity contribution >= 4 is 17.1 Å². The fourth-order valence-electron chi connectivity index (χ4n) is 6.19. The van der Waals surface area contributed by atoms with Gasteiger partial charge >= 0.3 is 0 Å². The number of imidazole rings is 1. The Balaban J connectivity index is 1.07. The molecule has 1 amide bonds. The third-order valence-corrected chi connectivity index (χ3v) is 8.61. The summed E-state index contributed by atoms with van der Waals surface area (Å²) < 4.78 is 35.3. The Labute approximate surface area is 247 Å². The Bertz CT molecular complexity index is 1770. The molecule has 2 aromatic heterocycles. The van der Waals surface area contributed by atoms with E-state index in [2.05, 4.69) is 19.7 Å². The van der Waals surface area contributed by atoms with E-state index in [9.17, 15) is 10.1 Å². The fraction of sp³-hybridized carbons (Fsp3) is 0.387. The molecule has 2 unspecified atom stereocenters. The number of primary amides is 1. The van der Waals surface area contributed by atoms with E-state index in [0.29, 0.717) is 35.8 Å². The Kier molecular flexibility index (Phi) is 6.71.